The van der Waals surface area contributed by atoms with Gasteiger partial charge in [0.2, 0.25) is 11.8 Å². The Hall–Kier alpha value is -2.61. The van der Waals surface area contributed by atoms with E-state index < -0.39 is 11.8 Å². The molecule has 3 heterocycles. The molecule has 0 aliphatic carbocycles. The molecule has 3 saturated heterocycles. The molecule has 132 valence electrons. The number of urea groups is 1. The summed E-state index contributed by atoms with van der Waals surface area (Å²) in [5, 5.41) is 2.31. The van der Waals surface area contributed by atoms with Crippen LogP contribution in [0.2, 0.25) is 0 Å². The molecule has 4 amide bonds. The van der Waals surface area contributed by atoms with E-state index in [9.17, 15) is 14.4 Å². The third-order valence-electron chi connectivity index (χ3n) is 5.33. The fourth-order valence-corrected chi connectivity index (χ4v) is 4.23. The molecule has 1 aromatic rings. The first kappa shape index (κ1) is 15.9. The van der Waals surface area contributed by atoms with Gasteiger partial charge in [-0.25, -0.2) is 4.79 Å². The van der Waals surface area contributed by atoms with Crippen LogP contribution >= 0.6 is 0 Å². The number of rotatable bonds is 3. The van der Waals surface area contributed by atoms with Crippen LogP contribution < -0.4 is 11.1 Å². The highest BCUT2D eigenvalue weighted by Crippen LogP contribution is 2.50. The number of benzene rings is 1. The molecule has 1 spiro atoms. The molecule has 0 unspecified atom stereocenters. The number of hydrogen-bond acceptors (Lipinski definition) is 4. The van der Waals surface area contributed by atoms with Gasteiger partial charge in [0.05, 0.1) is 25.6 Å². The average Bonchev–Trinajstić information content (AvgIpc) is 3.22. The number of likely N-dealkylation sites (tertiary alicyclic amines) is 1. The molecule has 0 aromatic heterocycles. The molecule has 3 atom stereocenters. The van der Waals surface area contributed by atoms with Gasteiger partial charge in [0.1, 0.15) is 6.10 Å². The smallest absolute Gasteiger partial charge is 0.312 e. The van der Waals surface area contributed by atoms with E-state index in [1.54, 1.807) is 9.80 Å². The molecule has 3 N–H and O–H groups in total. The van der Waals surface area contributed by atoms with Crippen molar-refractivity contribution >= 4 is 17.8 Å². The maximum atomic E-state index is 12.5. The monoisotopic (exact) mass is 344 g/mol. The second kappa shape index (κ2) is 5.73. The van der Waals surface area contributed by atoms with Crippen molar-refractivity contribution in [2.45, 2.75) is 30.7 Å². The van der Waals surface area contributed by atoms with Crippen molar-refractivity contribution in [2.75, 3.05) is 19.6 Å². The SMILES string of the molecule is NC(=O)NCC(=O)N1CC[C@@]23O[C@H](c4ccccc4)CN2C(=O)C[C@@H]13. The number of ether oxygens (including phenoxy) is 1. The molecule has 25 heavy (non-hydrogen) atoms. The van der Waals surface area contributed by atoms with Gasteiger partial charge >= 0.3 is 6.03 Å². The van der Waals surface area contributed by atoms with E-state index in [1.807, 2.05) is 30.3 Å². The number of carbonyl (C=O) groups excluding carboxylic acids is 3. The predicted molar refractivity (Wildman–Crippen MR) is 87.0 cm³/mol. The zero-order valence-electron chi connectivity index (χ0n) is 13.7. The minimum absolute atomic E-state index is 0.00351. The number of nitrogens with two attached hydrogens (primary N) is 1. The molecule has 8 nitrogen and oxygen atoms in total. The fraction of sp³-hybridized carbons (Fsp3) is 0.471. The van der Waals surface area contributed by atoms with E-state index in [4.69, 9.17) is 10.5 Å². The fourth-order valence-electron chi connectivity index (χ4n) is 4.23. The summed E-state index contributed by atoms with van der Waals surface area (Å²) in [5.74, 6) is -0.245. The van der Waals surface area contributed by atoms with Gasteiger partial charge in [0, 0.05) is 13.0 Å². The van der Waals surface area contributed by atoms with E-state index in [0.717, 1.165) is 5.56 Å². The lowest BCUT2D eigenvalue weighted by Gasteiger charge is -2.32. The summed E-state index contributed by atoms with van der Waals surface area (Å²) in [6.45, 7) is 0.828. The van der Waals surface area contributed by atoms with Crippen LogP contribution in [0.15, 0.2) is 30.3 Å². The van der Waals surface area contributed by atoms with Gasteiger partial charge in [-0.2, -0.15) is 0 Å². The molecule has 3 aliphatic heterocycles. The largest absolute Gasteiger partial charge is 0.352 e. The average molecular weight is 344 g/mol. The van der Waals surface area contributed by atoms with E-state index in [0.29, 0.717) is 19.5 Å². The number of nitrogens with zero attached hydrogens (tertiary/aromatic N) is 2. The zero-order chi connectivity index (χ0) is 17.6. The van der Waals surface area contributed by atoms with Gasteiger partial charge in [-0.15, -0.1) is 0 Å². The normalized spacial score (nSPS) is 30.3. The summed E-state index contributed by atoms with van der Waals surface area (Å²) in [7, 11) is 0. The lowest BCUT2D eigenvalue weighted by molar-refractivity contribution is -0.142. The Morgan fingerprint density at radius 2 is 2.08 bits per heavy atom. The van der Waals surface area contributed by atoms with Crippen LogP contribution in [0.1, 0.15) is 24.5 Å². The highest BCUT2D eigenvalue weighted by atomic mass is 16.5. The van der Waals surface area contributed by atoms with Crippen LogP contribution in [-0.2, 0) is 14.3 Å². The van der Waals surface area contributed by atoms with Gasteiger partial charge in [-0.1, -0.05) is 30.3 Å². The summed E-state index contributed by atoms with van der Waals surface area (Å²) >= 11 is 0. The van der Waals surface area contributed by atoms with Gasteiger partial charge < -0.3 is 25.6 Å². The van der Waals surface area contributed by atoms with Crippen LogP contribution in [0.25, 0.3) is 0 Å². The minimum Gasteiger partial charge on any atom is -0.352 e. The van der Waals surface area contributed by atoms with Crippen molar-refractivity contribution in [1.29, 1.82) is 0 Å². The van der Waals surface area contributed by atoms with Gasteiger partial charge in [0.15, 0.2) is 5.72 Å². The lowest BCUT2D eigenvalue weighted by Crippen LogP contribution is -2.50. The Labute approximate surface area is 144 Å². The Morgan fingerprint density at radius 3 is 2.80 bits per heavy atom. The Morgan fingerprint density at radius 1 is 1.32 bits per heavy atom. The van der Waals surface area contributed by atoms with Crippen LogP contribution in [-0.4, -0.2) is 59.0 Å². The summed E-state index contributed by atoms with van der Waals surface area (Å²) in [6.07, 6.45) is 0.644. The first-order valence-electron chi connectivity index (χ1n) is 8.37. The number of carbonyl (C=O) groups is 3. The second-order valence-corrected chi connectivity index (χ2v) is 6.64. The summed E-state index contributed by atoms with van der Waals surface area (Å²) in [4.78, 5) is 39.2. The standard InChI is InChI=1S/C17H20N4O4/c18-16(24)19-9-15(23)20-7-6-17-13(20)8-14(22)21(17)10-12(25-17)11-4-2-1-3-5-11/h1-5,12-13H,6-10H2,(H3,18,19,24)/t12-,13+,17-/m0/s1. The van der Waals surface area contributed by atoms with Gasteiger partial charge in [-0.05, 0) is 5.56 Å². The highest BCUT2D eigenvalue weighted by molar-refractivity contribution is 5.87. The van der Waals surface area contributed by atoms with Gasteiger partial charge in [-0.3, -0.25) is 9.59 Å². The maximum absolute atomic E-state index is 12.5. The molecular formula is C17H20N4O4. The molecule has 0 saturated carbocycles. The summed E-state index contributed by atoms with van der Waals surface area (Å²) in [5.41, 5.74) is 5.30. The van der Waals surface area contributed by atoms with Crippen molar-refractivity contribution in [3.8, 4) is 0 Å². The van der Waals surface area contributed by atoms with E-state index in [2.05, 4.69) is 5.32 Å². The Kier molecular flexibility index (Phi) is 3.64. The molecule has 0 radical (unpaired) electrons. The van der Waals surface area contributed by atoms with Crippen molar-refractivity contribution in [3.05, 3.63) is 35.9 Å². The third kappa shape index (κ3) is 2.44. The lowest BCUT2D eigenvalue weighted by atomic mass is 10.1. The van der Waals surface area contributed by atoms with Crippen molar-refractivity contribution in [1.82, 2.24) is 15.1 Å². The van der Waals surface area contributed by atoms with E-state index >= 15 is 0 Å². The highest BCUT2D eigenvalue weighted by Gasteiger charge is 2.64. The van der Waals surface area contributed by atoms with Crippen molar-refractivity contribution < 1.29 is 19.1 Å². The maximum Gasteiger partial charge on any atom is 0.312 e. The number of nitrogens with one attached hydrogen (secondary N) is 1. The van der Waals surface area contributed by atoms with Crippen LogP contribution in [0.3, 0.4) is 0 Å². The summed E-state index contributed by atoms with van der Waals surface area (Å²) < 4.78 is 6.36. The Balaban J connectivity index is 1.55. The molecule has 1 aromatic carbocycles. The van der Waals surface area contributed by atoms with Crippen LogP contribution in [0.5, 0.6) is 0 Å². The quantitative estimate of drug-likeness (QED) is 0.802. The van der Waals surface area contributed by atoms with Crippen LogP contribution in [0.4, 0.5) is 4.79 Å². The molecule has 8 heteroatoms. The summed E-state index contributed by atoms with van der Waals surface area (Å²) in [6, 6.07) is 8.73. The molecular weight excluding hydrogens is 324 g/mol. The number of amides is 4. The number of primary amides is 1. The zero-order valence-corrected chi connectivity index (χ0v) is 13.7. The van der Waals surface area contributed by atoms with Crippen LogP contribution in [0, 0.1) is 0 Å². The minimum atomic E-state index is -0.750. The third-order valence-corrected chi connectivity index (χ3v) is 5.33. The number of hydrogen-bond donors (Lipinski definition) is 2. The van der Waals surface area contributed by atoms with Gasteiger partial charge in [0.25, 0.3) is 0 Å². The second-order valence-electron chi connectivity index (χ2n) is 6.64. The molecule has 3 fully saturated rings. The molecule has 4 rings (SSSR count). The Bertz CT molecular complexity index is 725. The first-order valence-corrected chi connectivity index (χ1v) is 8.37. The predicted octanol–water partition coefficient (Wildman–Crippen LogP) is -0.0443. The van der Waals surface area contributed by atoms with Crippen molar-refractivity contribution in [3.63, 3.8) is 0 Å². The van der Waals surface area contributed by atoms with Crippen molar-refractivity contribution in [2.24, 2.45) is 5.73 Å². The van der Waals surface area contributed by atoms with E-state index in [-0.39, 0.29) is 36.9 Å². The van der Waals surface area contributed by atoms with E-state index in [1.165, 1.54) is 0 Å². The topological polar surface area (TPSA) is 105 Å². The molecule has 3 aliphatic rings. The first-order chi connectivity index (χ1) is 12.0. The molecule has 0 bridgehead atoms.